The fourth-order valence-electron chi connectivity index (χ4n) is 2.36. The Kier molecular flexibility index (Phi) is 5.10. The number of hydrogen-bond donors (Lipinski definition) is 0. The summed E-state index contributed by atoms with van der Waals surface area (Å²) >= 11 is 0. The molecule has 1 aliphatic carbocycles. The van der Waals surface area contributed by atoms with Crippen molar-refractivity contribution in [3.8, 4) is 0 Å². The lowest BCUT2D eigenvalue weighted by Crippen LogP contribution is -1.97. The lowest BCUT2D eigenvalue weighted by Gasteiger charge is -2.07. The molecule has 1 nitrogen and oxygen atoms in total. The third kappa shape index (κ3) is 3.93. The minimum absolute atomic E-state index is 0.399. The van der Waals surface area contributed by atoms with E-state index >= 15 is 0 Å². The molecular formula is C12H22O. The SMILES string of the molecule is CCCCCCC1CCC(C=O)C1. The summed E-state index contributed by atoms with van der Waals surface area (Å²) in [6, 6.07) is 0. The van der Waals surface area contributed by atoms with Gasteiger partial charge in [-0.15, -0.1) is 0 Å². The van der Waals surface area contributed by atoms with Gasteiger partial charge in [-0.05, 0) is 25.2 Å². The molecular weight excluding hydrogens is 160 g/mol. The van der Waals surface area contributed by atoms with E-state index in [1.807, 2.05) is 0 Å². The Morgan fingerprint density at radius 2 is 2.08 bits per heavy atom. The predicted molar refractivity (Wildman–Crippen MR) is 55.7 cm³/mol. The quantitative estimate of drug-likeness (QED) is 0.453. The van der Waals surface area contributed by atoms with Gasteiger partial charge in [0.05, 0.1) is 0 Å². The molecule has 2 unspecified atom stereocenters. The summed E-state index contributed by atoms with van der Waals surface area (Å²) in [7, 11) is 0. The molecule has 0 radical (unpaired) electrons. The topological polar surface area (TPSA) is 17.1 Å². The molecule has 1 saturated carbocycles. The van der Waals surface area contributed by atoms with Gasteiger partial charge in [-0.2, -0.15) is 0 Å². The standard InChI is InChI=1S/C12H22O/c1-2-3-4-5-6-11-7-8-12(9-11)10-13/h10-12H,2-9H2,1H3. The van der Waals surface area contributed by atoms with Gasteiger partial charge in [-0.1, -0.05) is 39.0 Å². The maximum absolute atomic E-state index is 10.5. The first-order chi connectivity index (χ1) is 6.36. The van der Waals surface area contributed by atoms with Gasteiger partial charge in [0.15, 0.2) is 0 Å². The molecule has 0 amide bonds. The molecule has 1 heteroatoms. The van der Waals surface area contributed by atoms with Crippen LogP contribution in [0.15, 0.2) is 0 Å². The van der Waals surface area contributed by atoms with E-state index in [2.05, 4.69) is 6.92 Å². The van der Waals surface area contributed by atoms with Crippen molar-refractivity contribution < 1.29 is 4.79 Å². The number of rotatable bonds is 6. The third-order valence-corrected chi connectivity index (χ3v) is 3.24. The van der Waals surface area contributed by atoms with Crippen molar-refractivity contribution in [1.29, 1.82) is 0 Å². The summed E-state index contributed by atoms with van der Waals surface area (Å²) in [4.78, 5) is 10.5. The normalized spacial score (nSPS) is 27.8. The zero-order valence-corrected chi connectivity index (χ0v) is 8.80. The van der Waals surface area contributed by atoms with Crippen molar-refractivity contribution in [2.24, 2.45) is 11.8 Å². The molecule has 0 aromatic rings. The fraction of sp³-hybridized carbons (Fsp3) is 0.917. The summed E-state index contributed by atoms with van der Waals surface area (Å²) in [5.74, 6) is 1.27. The van der Waals surface area contributed by atoms with Crippen LogP contribution in [0.5, 0.6) is 0 Å². The lowest BCUT2D eigenvalue weighted by molar-refractivity contribution is -0.111. The Labute approximate surface area is 81.9 Å². The van der Waals surface area contributed by atoms with Gasteiger partial charge in [0, 0.05) is 5.92 Å². The number of carbonyl (C=O) groups is 1. The van der Waals surface area contributed by atoms with Gasteiger partial charge in [0.1, 0.15) is 6.29 Å². The smallest absolute Gasteiger partial charge is 0.123 e. The summed E-state index contributed by atoms with van der Waals surface area (Å²) < 4.78 is 0. The van der Waals surface area contributed by atoms with Crippen molar-refractivity contribution in [3.63, 3.8) is 0 Å². The first-order valence-electron chi connectivity index (χ1n) is 5.82. The van der Waals surface area contributed by atoms with Crippen molar-refractivity contribution in [3.05, 3.63) is 0 Å². The number of unbranched alkanes of at least 4 members (excludes halogenated alkanes) is 3. The van der Waals surface area contributed by atoms with Gasteiger partial charge in [0.25, 0.3) is 0 Å². The molecule has 0 heterocycles. The van der Waals surface area contributed by atoms with Crippen LogP contribution < -0.4 is 0 Å². The summed E-state index contributed by atoms with van der Waals surface area (Å²) in [6.45, 7) is 2.25. The van der Waals surface area contributed by atoms with Crippen LogP contribution in [-0.2, 0) is 4.79 Å². The molecule has 0 aromatic carbocycles. The summed E-state index contributed by atoms with van der Waals surface area (Å²) in [5.41, 5.74) is 0. The van der Waals surface area contributed by atoms with Crippen LogP contribution in [-0.4, -0.2) is 6.29 Å². The average Bonchev–Trinajstić information content (AvgIpc) is 2.60. The zero-order valence-electron chi connectivity index (χ0n) is 8.80. The molecule has 2 atom stereocenters. The van der Waals surface area contributed by atoms with Gasteiger partial charge in [-0.3, -0.25) is 0 Å². The van der Waals surface area contributed by atoms with Crippen LogP contribution in [0.2, 0.25) is 0 Å². The molecule has 0 bridgehead atoms. The summed E-state index contributed by atoms with van der Waals surface area (Å²) in [6.07, 6.45) is 11.6. The highest BCUT2D eigenvalue weighted by Crippen LogP contribution is 2.32. The van der Waals surface area contributed by atoms with Crippen molar-refractivity contribution >= 4 is 6.29 Å². The number of carbonyl (C=O) groups excluding carboxylic acids is 1. The molecule has 13 heavy (non-hydrogen) atoms. The van der Waals surface area contributed by atoms with Crippen molar-refractivity contribution in [2.45, 2.75) is 58.3 Å². The van der Waals surface area contributed by atoms with E-state index in [0.717, 1.165) is 18.6 Å². The second-order valence-electron chi connectivity index (χ2n) is 4.42. The van der Waals surface area contributed by atoms with Crippen LogP contribution in [0.3, 0.4) is 0 Å². The molecule has 0 aliphatic heterocycles. The average molecular weight is 182 g/mol. The second-order valence-corrected chi connectivity index (χ2v) is 4.42. The molecule has 76 valence electrons. The van der Waals surface area contributed by atoms with Crippen molar-refractivity contribution in [1.82, 2.24) is 0 Å². The predicted octanol–water partition coefficient (Wildman–Crippen LogP) is 3.57. The maximum atomic E-state index is 10.5. The van der Waals surface area contributed by atoms with E-state index in [4.69, 9.17) is 0 Å². The van der Waals surface area contributed by atoms with Crippen LogP contribution in [0.4, 0.5) is 0 Å². The van der Waals surface area contributed by atoms with Crippen LogP contribution >= 0.6 is 0 Å². The van der Waals surface area contributed by atoms with Crippen LogP contribution in [0.1, 0.15) is 58.3 Å². The Balaban J connectivity index is 2.00. The van der Waals surface area contributed by atoms with E-state index < -0.39 is 0 Å². The Morgan fingerprint density at radius 3 is 2.69 bits per heavy atom. The van der Waals surface area contributed by atoms with Crippen molar-refractivity contribution in [2.75, 3.05) is 0 Å². The van der Waals surface area contributed by atoms with E-state index in [9.17, 15) is 4.79 Å². The Morgan fingerprint density at radius 1 is 1.23 bits per heavy atom. The Bertz CT molecular complexity index is 142. The number of hydrogen-bond acceptors (Lipinski definition) is 1. The van der Waals surface area contributed by atoms with E-state index in [-0.39, 0.29) is 0 Å². The third-order valence-electron chi connectivity index (χ3n) is 3.24. The maximum Gasteiger partial charge on any atom is 0.123 e. The zero-order chi connectivity index (χ0) is 9.52. The highest BCUT2D eigenvalue weighted by Gasteiger charge is 2.23. The van der Waals surface area contributed by atoms with E-state index in [1.54, 1.807) is 0 Å². The van der Waals surface area contributed by atoms with Crippen LogP contribution in [0, 0.1) is 11.8 Å². The van der Waals surface area contributed by atoms with Gasteiger partial charge < -0.3 is 4.79 Å². The minimum Gasteiger partial charge on any atom is -0.303 e. The first kappa shape index (κ1) is 10.7. The molecule has 0 saturated heterocycles. The lowest BCUT2D eigenvalue weighted by atomic mass is 9.98. The minimum atomic E-state index is 0.399. The highest BCUT2D eigenvalue weighted by atomic mass is 16.1. The Hall–Kier alpha value is -0.330. The van der Waals surface area contributed by atoms with Gasteiger partial charge in [-0.25, -0.2) is 0 Å². The van der Waals surface area contributed by atoms with E-state index in [1.165, 1.54) is 44.9 Å². The molecule has 1 aliphatic rings. The monoisotopic (exact) mass is 182 g/mol. The molecule has 0 N–H and O–H groups in total. The second kappa shape index (κ2) is 6.17. The molecule has 1 rings (SSSR count). The van der Waals surface area contributed by atoms with Gasteiger partial charge in [0.2, 0.25) is 0 Å². The number of aldehydes is 1. The molecule has 1 fully saturated rings. The van der Waals surface area contributed by atoms with E-state index in [0.29, 0.717) is 5.92 Å². The molecule has 0 spiro atoms. The first-order valence-corrected chi connectivity index (χ1v) is 5.82. The largest absolute Gasteiger partial charge is 0.303 e. The summed E-state index contributed by atoms with van der Waals surface area (Å²) in [5, 5.41) is 0. The highest BCUT2D eigenvalue weighted by molar-refractivity contribution is 5.53. The van der Waals surface area contributed by atoms with Crippen LogP contribution in [0.25, 0.3) is 0 Å². The van der Waals surface area contributed by atoms with Gasteiger partial charge >= 0.3 is 0 Å². The molecule has 0 aromatic heterocycles. The fourth-order valence-corrected chi connectivity index (χ4v) is 2.36.